The van der Waals surface area contributed by atoms with E-state index in [0.29, 0.717) is 24.8 Å². The molecule has 0 aliphatic carbocycles. The first-order valence-corrected chi connectivity index (χ1v) is 7.59. The van der Waals surface area contributed by atoms with Crippen LogP contribution >= 0.6 is 0 Å². The molecule has 2 saturated heterocycles. The van der Waals surface area contributed by atoms with E-state index in [1.807, 2.05) is 4.90 Å². The maximum absolute atomic E-state index is 12.0. The van der Waals surface area contributed by atoms with Gasteiger partial charge in [-0.15, -0.1) is 0 Å². The second-order valence-corrected chi connectivity index (χ2v) is 6.59. The maximum Gasteiger partial charge on any atom is 0.222 e. The Hall–Kier alpha value is -1.26. The number of azide groups is 1. The molecule has 6 nitrogen and oxygen atoms in total. The number of carbonyl (C=O) groups is 1. The number of nitrogens with zero attached hydrogens (tertiary/aromatic N) is 5. The lowest BCUT2D eigenvalue weighted by atomic mass is 10.1. The van der Waals surface area contributed by atoms with Crippen LogP contribution in [0.1, 0.15) is 26.7 Å². The van der Waals surface area contributed by atoms with E-state index >= 15 is 0 Å². The molecule has 2 fully saturated rings. The van der Waals surface area contributed by atoms with Gasteiger partial charge in [-0.3, -0.25) is 4.79 Å². The molecule has 112 valence electrons. The van der Waals surface area contributed by atoms with Gasteiger partial charge in [-0.25, -0.2) is 0 Å². The molecule has 2 aliphatic rings. The molecule has 0 aromatic rings. The standard InChI is InChI=1S/C14H25N5O/c1-11(2)7-18-4-3-12(8-18)9-19-10-13(5-14(19)20)6-16-17-15/h11-13H,3-10H2,1-2H3. The van der Waals surface area contributed by atoms with Crippen molar-refractivity contribution >= 4 is 5.91 Å². The van der Waals surface area contributed by atoms with Crippen LogP contribution in [0.4, 0.5) is 0 Å². The van der Waals surface area contributed by atoms with Gasteiger partial charge in [0.2, 0.25) is 5.91 Å². The summed E-state index contributed by atoms with van der Waals surface area (Å²) in [6, 6.07) is 0. The van der Waals surface area contributed by atoms with Crippen molar-refractivity contribution in [3.05, 3.63) is 10.4 Å². The zero-order valence-electron chi connectivity index (χ0n) is 12.5. The second kappa shape index (κ2) is 6.95. The first kappa shape index (κ1) is 15.1. The molecule has 2 atom stereocenters. The van der Waals surface area contributed by atoms with Crippen molar-refractivity contribution in [3.8, 4) is 0 Å². The summed E-state index contributed by atoms with van der Waals surface area (Å²) in [6.45, 7) is 10.0. The summed E-state index contributed by atoms with van der Waals surface area (Å²) >= 11 is 0. The van der Waals surface area contributed by atoms with Crippen molar-refractivity contribution in [2.75, 3.05) is 39.3 Å². The average Bonchev–Trinajstić information content (AvgIpc) is 2.94. The summed E-state index contributed by atoms with van der Waals surface area (Å²) in [6.07, 6.45) is 1.74. The molecule has 0 aromatic heterocycles. The minimum atomic E-state index is 0.214. The van der Waals surface area contributed by atoms with E-state index in [0.717, 1.165) is 32.7 Å². The van der Waals surface area contributed by atoms with Gasteiger partial charge in [0.1, 0.15) is 0 Å². The van der Waals surface area contributed by atoms with Gasteiger partial charge < -0.3 is 9.80 Å². The van der Waals surface area contributed by atoms with Gasteiger partial charge in [0.15, 0.2) is 0 Å². The number of carbonyl (C=O) groups excluding carboxylic acids is 1. The van der Waals surface area contributed by atoms with Crippen LogP contribution in [0.5, 0.6) is 0 Å². The van der Waals surface area contributed by atoms with Crippen molar-refractivity contribution in [1.29, 1.82) is 0 Å². The van der Waals surface area contributed by atoms with Crippen LogP contribution in [-0.2, 0) is 4.79 Å². The van der Waals surface area contributed by atoms with Crippen LogP contribution in [0, 0.1) is 17.8 Å². The molecule has 0 spiro atoms. The van der Waals surface area contributed by atoms with Gasteiger partial charge in [0.25, 0.3) is 0 Å². The highest BCUT2D eigenvalue weighted by molar-refractivity contribution is 5.78. The molecule has 0 aromatic carbocycles. The van der Waals surface area contributed by atoms with Crippen LogP contribution in [0.25, 0.3) is 10.4 Å². The fraction of sp³-hybridized carbons (Fsp3) is 0.929. The molecule has 0 N–H and O–H groups in total. The molecule has 0 radical (unpaired) electrons. The minimum absolute atomic E-state index is 0.214. The Kier molecular flexibility index (Phi) is 5.26. The summed E-state index contributed by atoms with van der Waals surface area (Å²) in [7, 11) is 0. The Balaban J connectivity index is 1.77. The van der Waals surface area contributed by atoms with Crippen LogP contribution in [0.2, 0.25) is 0 Å². The number of likely N-dealkylation sites (tertiary alicyclic amines) is 2. The molecule has 1 amide bonds. The Morgan fingerprint density at radius 1 is 1.40 bits per heavy atom. The maximum atomic E-state index is 12.0. The van der Waals surface area contributed by atoms with Crippen LogP contribution in [0.3, 0.4) is 0 Å². The predicted molar refractivity (Wildman–Crippen MR) is 78.1 cm³/mol. The van der Waals surface area contributed by atoms with Crippen molar-refractivity contribution in [1.82, 2.24) is 9.80 Å². The fourth-order valence-corrected chi connectivity index (χ4v) is 3.36. The quantitative estimate of drug-likeness (QED) is 0.424. The highest BCUT2D eigenvalue weighted by Crippen LogP contribution is 2.23. The molecule has 2 rings (SSSR count). The Bertz CT molecular complexity index is 391. The van der Waals surface area contributed by atoms with Crippen molar-refractivity contribution in [2.24, 2.45) is 22.9 Å². The summed E-state index contributed by atoms with van der Waals surface area (Å²) in [4.78, 5) is 19.2. The van der Waals surface area contributed by atoms with Crippen LogP contribution in [0.15, 0.2) is 5.11 Å². The number of rotatable bonds is 6. The summed E-state index contributed by atoms with van der Waals surface area (Å²) in [5.41, 5.74) is 8.34. The van der Waals surface area contributed by atoms with E-state index in [4.69, 9.17) is 5.53 Å². The third-order valence-corrected chi connectivity index (χ3v) is 4.17. The third-order valence-electron chi connectivity index (χ3n) is 4.17. The Morgan fingerprint density at radius 3 is 2.90 bits per heavy atom. The highest BCUT2D eigenvalue weighted by Gasteiger charge is 2.32. The zero-order chi connectivity index (χ0) is 14.5. The lowest BCUT2D eigenvalue weighted by molar-refractivity contribution is -0.128. The van der Waals surface area contributed by atoms with Crippen LogP contribution in [-0.4, -0.2) is 55.0 Å². The van der Waals surface area contributed by atoms with E-state index in [1.165, 1.54) is 6.42 Å². The first-order chi connectivity index (χ1) is 9.58. The largest absolute Gasteiger partial charge is 0.342 e. The van der Waals surface area contributed by atoms with Gasteiger partial charge >= 0.3 is 0 Å². The van der Waals surface area contributed by atoms with Gasteiger partial charge in [-0.1, -0.05) is 19.0 Å². The number of hydrogen-bond donors (Lipinski definition) is 0. The smallest absolute Gasteiger partial charge is 0.222 e. The van der Waals surface area contributed by atoms with E-state index in [1.54, 1.807) is 0 Å². The van der Waals surface area contributed by atoms with Crippen molar-refractivity contribution in [2.45, 2.75) is 26.7 Å². The molecule has 2 heterocycles. The van der Waals surface area contributed by atoms with Crippen LogP contribution < -0.4 is 0 Å². The predicted octanol–water partition coefficient (Wildman–Crippen LogP) is 2.12. The molecule has 20 heavy (non-hydrogen) atoms. The molecule has 0 bridgehead atoms. The minimum Gasteiger partial charge on any atom is -0.342 e. The summed E-state index contributed by atoms with van der Waals surface area (Å²) in [5.74, 6) is 1.75. The van der Waals surface area contributed by atoms with Crippen molar-refractivity contribution in [3.63, 3.8) is 0 Å². The first-order valence-electron chi connectivity index (χ1n) is 7.59. The number of hydrogen-bond acceptors (Lipinski definition) is 3. The molecular formula is C14H25N5O. The Labute approximate surface area is 120 Å². The molecule has 2 unspecified atom stereocenters. The Morgan fingerprint density at radius 2 is 2.20 bits per heavy atom. The molecule has 0 saturated carbocycles. The average molecular weight is 279 g/mol. The SMILES string of the molecule is CC(C)CN1CCC(CN2CC(CN=[N+]=[N-])CC2=O)C1. The topological polar surface area (TPSA) is 72.3 Å². The lowest BCUT2D eigenvalue weighted by Crippen LogP contribution is -2.33. The van der Waals surface area contributed by atoms with E-state index in [2.05, 4.69) is 28.8 Å². The zero-order valence-corrected chi connectivity index (χ0v) is 12.5. The van der Waals surface area contributed by atoms with Gasteiger partial charge in [0, 0.05) is 44.1 Å². The number of amides is 1. The fourth-order valence-electron chi connectivity index (χ4n) is 3.36. The van der Waals surface area contributed by atoms with E-state index in [9.17, 15) is 4.79 Å². The van der Waals surface area contributed by atoms with E-state index < -0.39 is 0 Å². The molecule has 6 heteroatoms. The normalized spacial score (nSPS) is 27.4. The third kappa shape index (κ3) is 4.12. The van der Waals surface area contributed by atoms with Gasteiger partial charge in [-0.05, 0) is 36.3 Å². The highest BCUT2D eigenvalue weighted by atomic mass is 16.2. The van der Waals surface area contributed by atoms with Gasteiger partial charge in [0.05, 0.1) is 0 Å². The summed E-state index contributed by atoms with van der Waals surface area (Å²) < 4.78 is 0. The summed E-state index contributed by atoms with van der Waals surface area (Å²) in [5, 5.41) is 3.59. The molecular weight excluding hydrogens is 254 g/mol. The van der Waals surface area contributed by atoms with Gasteiger partial charge in [-0.2, -0.15) is 0 Å². The molecule has 2 aliphatic heterocycles. The van der Waals surface area contributed by atoms with E-state index in [-0.39, 0.29) is 11.8 Å². The lowest BCUT2D eigenvalue weighted by Gasteiger charge is -2.22. The second-order valence-electron chi connectivity index (χ2n) is 6.59. The monoisotopic (exact) mass is 279 g/mol. The van der Waals surface area contributed by atoms with Crippen molar-refractivity contribution < 1.29 is 4.79 Å².